The van der Waals surface area contributed by atoms with E-state index in [0.717, 1.165) is 16.7 Å². The summed E-state index contributed by atoms with van der Waals surface area (Å²) in [6, 6.07) is 27.3. The highest BCUT2D eigenvalue weighted by Gasteiger charge is 2.11. The van der Waals surface area contributed by atoms with Gasteiger partial charge in [-0.3, -0.25) is 4.79 Å². The predicted octanol–water partition coefficient (Wildman–Crippen LogP) is 6.92. The van der Waals surface area contributed by atoms with Crippen LogP contribution in [0.3, 0.4) is 0 Å². The third-order valence-electron chi connectivity index (χ3n) is 5.33. The van der Waals surface area contributed by atoms with Crippen LogP contribution in [-0.2, 0) is 13.2 Å². The van der Waals surface area contributed by atoms with Crippen LogP contribution in [0.1, 0.15) is 27.0 Å². The fourth-order valence-corrected chi connectivity index (χ4v) is 3.81. The number of amides is 1. The highest BCUT2D eigenvalue weighted by atomic mass is 35.5. The van der Waals surface area contributed by atoms with Crippen LogP contribution < -0.4 is 19.6 Å². The van der Waals surface area contributed by atoms with E-state index in [2.05, 4.69) is 10.5 Å². The third kappa shape index (κ3) is 7.49. The van der Waals surface area contributed by atoms with E-state index in [0.29, 0.717) is 46.1 Å². The molecule has 0 heterocycles. The Morgan fingerprint density at radius 2 is 1.65 bits per heavy atom. The van der Waals surface area contributed by atoms with Gasteiger partial charge >= 0.3 is 0 Å². The van der Waals surface area contributed by atoms with E-state index in [4.69, 9.17) is 37.4 Å². The lowest BCUT2D eigenvalue weighted by atomic mass is 10.2. The number of nitrogens with one attached hydrogen (secondary N) is 1. The van der Waals surface area contributed by atoms with Gasteiger partial charge in [0.15, 0.2) is 11.5 Å². The molecule has 0 aliphatic carbocycles. The first-order valence-corrected chi connectivity index (χ1v) is 12.1. The maximum Gasteiger partial charge on any atom is 0.271 e. The highest BCUT2D eigenvalue weighted by Crippen LogP contribution is 2.29. The first-order chi connectivity index (χ1) is 18.0. The topological polar surface area (TPSA) is 69.2 Å². The van der Waals surface area contributed by atoms with Crippen LogP contribution in [0, 0.1) is 0 Å². The van der Waals surface area contributed by atoms with Crippen LogP contribution in [0.25, 0.3) is 0 Å². The summed E-state index contributed by atoms with van der Waals surface area (Å²) in [6.07, 6.45) is 1.55. The Labute approximate surface area is 225 Å². The van der Waals surface area contributed by atoms with Crippen molar-refractivity contribution in [2.75, 3.05) is 7.11 Å². The molecular weight excluding hydrogens is 511 g/mol. The number of methoxy groups -OCH3 is 1. The highest BCUT2D eigenvalue weighted by molar-refractivity contribution is 6.35. The van der Waals surface area contributed by atoms with Crippen LogP contribution in [0.4, 0.5) is 0 Å². The number of halogens is 2. The molecular formula is C29H24Cl2N2O4. The molecule has 0 aliphatic rings. The third-order valence-corrected chi connectivity index (χ3v) is 5.92. The number of carbonyl (C=O) groups excluding carboxylic acids is 1. The van der Waals surface area contributed by atoms with Crippen molar-refractivity contribution >= 4 is 35.3 Å². The molecule has 0 saturated heterocycles. The van der Waals surface area contributed by atoms with Crippen molar-refractivity contribution in [2.24, 2.45) is 5.10 Å². The van der Waals surface area contributed by atoms with Crippen LogP contribution in [0.15, 0.2) is 96.1 Å². The molecule has 1 amide bonds. The summed E-state index contributed by atoms with van der Waals surface area (Å²) in [5, 5.41) is 5.18. The normalized spacial score (nSPS) is 10.8. The summed E-state index contributed by atoms with van der Waals surface area (Å²) in [5.74, 6) is 1.31. The minimum atomic E-state index is -0.371. The van der Waals surface area contributed by atoms with Crippen molar-refractivity contribution in [1.82, 2.24) is 5.43 Å². The molecule has 37 heavy (non-hydrogen) atoms. The number of nitrogens with zero attached hydrogens (tertiary/aromatic N) is 1. The Morgan fingerprint density at radius 1 is 0.865 bits per heavy atom. The van der Waals surface area contributed by atoms with Gasteiger partial charge in [0.1, 0.15) is 19.0 Å². The molecule has 0 unspecified atom stereocenters. The second-order valence-electron chi connectivity index (χ2n) is 7.93. The standard InChI is InChI=1S/C29H24Cl2N2O4/c1-35-28-15-22(10-14-27(28)37-18-21-5-3-2-4-6-21)29(34)33-32-17-20-7-12-25(13-8-20)36-19-23-9-11-24(30)16-26(23)31/h2-17H,18-19H2,1H3,(H,33,34)/b32-17+. The van der Waals surface area contributed by atoms with Gasteiger partial charge in [-0.15, -0.1) is 0 Å². The molecule has 0 spiro atoms. The maximum absolute atomic E-state index is 12.6. The average molecular weight is 535 g/mol. The molecule has 4 rings (SSSR count). The van der Waals surface area contributed by atoms with Crippen LogP contribution in [0.2, 0.25) is 10.0 Å². The van der Waals surface area contributed by atoms with E-state index in [-0.39, 0.29) is 5.91 Å². The lowest BCUT2D eigenvalue weighted by Gasteiger charge is -2.12. The van der Waals surface area contributed by atoms with Crippen molar-refractivity contribution in [1.29, 1.82) is 0 Å². The predicted molar refractivity (Wildman–Crippen MR) is 146 cm³/mol. The average Bonchev–Trinajstić information content (AvgIpc) is 2.92. The summed E-state index contributed by atoms with van der Waals surface area (Å²) in [6.45, 7) is 0.713. The van der Waals surface area contributed by atoms with Gasteiger partial charge in [-0.2, -0.15) is 5.10 Å². The van der Waals surface area contributed by atoms with Gasteiger partial charge in [0.05, 0.1) is 13.3 Å². The van der Waals surface area contributed by atoms with Crippen LogP contribution in [0.5, 0.6) is 17.2 Å². The van der Waals surface area contributed by atoms with E-state index in [1.54, 1.807) is 36.5 Å². The monoisotopic (exact) mass is 534 g/mol. The Kier molecular flexibility index (Phi) is 9.03. The van der Waals surface area contributed by atoms with Crippen molar-refractivity contribution in [3.05, 3.63) is 123 Å². The van der Waals surface area contributed by atoms with Crippen LogP contribution >= 0.6 is 23.2 Å². The Morgan fingerprint density at radius 3 is 2.38 bits per heavy atom. The second kappa shape index (κ2) is 12.8. The lowest BCUT2D eigenvalue weighted by molar-refractivity contribution is 0.0954. The maximum atomic E-state index is 12.6. The van der Waals surface area contributed by atoms with Crippen molar-refractivity contribution < 1.29 is 19.0 Å². The van der Waals surface area contributed by atoms with Crippen molar-refractivity contribution in [3.8, 4) is 17.2 Å². The Hall–Kier alpha value is -4.00. The fraction of sp³-hybridized carbons (Fsp3) is 0.103. The molecule has 0 atom stereocenters. The quantitative estimate of drug-likeness (QED) is 0.177. The summed E-state index contributed by atoms with van der Waals surface area (Å²) in [5.41, 5.74) is 5.58. The van der Waals surface area contributed by atoms with E-state index in [1.807, 2.05) is 60.7 Å². The number of ether oxygens (including phenoxy) is 3. The number of hydrogen-bond donors (Lipinski definition) is 1. The Bertz CT molecular complexity index is 1380. The van der Waals surface area contributed by atoms with Gasteiger partial charge < -0.3 is 14.2 Å². The minimum Gasteiger partial charge on any atom is -0.493 e. The molecule has 0 radical (unpaired) electrons. The number of rotatable bonds is 10. The minimum absolute atomic E-state index is 0.318. The van der Waals surface area contributed by atoms with Crippen LogP contribution in [-0.4, -0.2) is 19.2 Å². The zero-order chi connectivity index (χ0) is 26.0. The number of hydrogen-bond acceptors (Lipinski definition) is 5. The number of carbonyl (C=O) groups is 1. The van der Waals surface area contributed by atoms with Gasteiger partial charge in [-0.25, -0.2) is 5.43 Å². The summed E-state index contributed by atoms with van der Waals surface area (Å²) in [7, 11) is 1.53. The molecule has 4 aromatic rings. The fourth-order valence-electron chi connectivity index (χ4n) is 3.34. The molecule has 188 valence electrons. The molecule has 8 heteroatoms. The molecule has 0 saturated carbocycles. The first kappa shape index (κ1) is 26.1. The zero-order valence-corrected chi connectivity index (χ0v) is 21.5. The Balaban J connectivity index is 1.30. The molecule has 1 N–H and O–H groups in total. The van der Waals surface area contributed by atoms with Gasteiger partial charge in [-0.05, 0) is 65.7 Å². The molecule has 0 fully saturated rings. The lowest BCUT2D eigenvalue weighted by Crippen LogP contribution is -2.17. The summed E-state index contributed by atoms with van der Waals surface area (Å²) in [4.78, 5) is 12.6. The smallest absolute Gasteiger partial charge is 0.271 e. The van der Waals surface area contributed by atoms with Crippen molar-refractivity contribution in [3.63, 3.8) is 0 Å². The van der Waals surface area contributed by atoms with Gasteiger partial charge in [0.2, 0.25) is 0 Å². The number of hydrazone groups is 1. The molecule has 0 bridgehead atoms. The molecule has 4 aromatic carbocycles. The molecule has 0 aromatic heterocycles. The van der Waals surface area contributed by atoms with E-state index in [1.165, 1.54) is 7.11 Å². The van der Waals surface area contributed by atoms with E-state index < -0.39 is 0 Å². The largest absolute Gasteiger partial charge is 0.493 e. The molecule has 0 aliphatic heterocycles. The van der Waals surface area contributed by atoms with Crippen molar-refractivity contribution in [2.45, 2.75) is 13.2 Å². The first-order valence-electron chi connectivity index (χ1n) is 11.4. The van der Waals surface area contributed by atoms with Gasteiger partial charge in [0.25, 0.3) is 5.91 Å². The SMILES string of the molecule is COc1cc(C(=O)N/N=C/c2ccc(OCc3ccc(Cl)cc3Cl)cc2)ccc1OCc1ccccc1. The molecule has 6 nitrogen and oxygen atoms in total. The van der Waals surface area contributed by atoms with Gasteiger partial charge in [-0.1, -0.05) is 59.6 Å². The van der Waals surface area contributed by atoms with E-state index in [9.17, 15) is 4.79 Å². The van der Waals surface area contributed by atoms with E-state index >= 15 is 0 Å². The number of benzene rings is 4. The van der Waals surface area contributed by atoms with Gasteiger partial charge in [0, 0.05) is 21.2 Å². The second-order valence-corrected chi connectivity index (χ2v) is 8.78. The summed E-state index contributed by atoms with van der Waals surface area (Å²) < 4.78 is 17.0. The zero-order valence-electron chi connectivity index (χ0n) is 20.0. The summed E-state index contributed by atoms with van der Waals surface area (Å²) >= 11 is 12.1.